The van der Waals surface area contributed by atoms with E-state index in [0.717, 1.165) is 20.8 Å². The Balaban J connectivity index is 2.29. The summed E-state index contributed by atoms with van der Waals surface area (Å²) in [5, 5.41) is 1.95. The Bertz CT molecular complexity index is 631. The molecule has 0 aliphatic rings. The minimum Gasteiger partial charge on any atom is -0.264 e. The Morgan fingerprint density at radius 1 is 1.06 bits per heavy atom. The molecule has 0 unspecified atom stereocenters. The average molecular weight is 246 g/mol. The van der Waals surface area contributed by atoms with E-state index in [2.05, 4.69) is 11.1 Å². The number of benzene rings is 1. The number of rotatable bonds is 1. The molecule has 0 saturated heterocycles. The summed E-state index contributed by atoms with van der Waals surface area (Å²) >= 11 is 8.08. The molecule has 3 heteroatoms. The van der Waals surface area contributed by atoms with Crippen LogP contribution in [0.3, 0.4) is 0 Å². The summed E-state index contributed by atoms with van der Waals surface area (Å²) in [6, 6.07) is 12.1. The maximum Gasteiger partial charge on any atom is 0.0671 e. The van der Waals surface area contributed by atoms with Gasteiger partial charge in [0, 0.05) is 28.0 Å². The van der Waals surface area contributed by atoms with Crippen molar-refractivity contribution < 1.29 is 0 Å². The number of fused-ring (bicyclic) bond motifs is 1. The molecule has 3 aromatic rings. The molecule has 0 spiro atoms. The molecule has 0 atom stereocenters. The molecule has 0 aliphatic heterocycles. The maximum absolute atomic E-state index is 6.37. The molecule has 78 valence electrons. The van der Waals surface area contributed by atoms with Gasteiger partial charge in [0.2, 0.25) is 0 Å². The van der Waals surface area contributed by atoms with Gasteiger partial charge in [0.05, 0.1) is 9.90 Å². The molecule has 3 rings (SSSR count). The normalized spacial score (nSPS) is 10.8. The van der Waals surface area contributed by atoms with Crippen LogP contribution >= 0.6 is 22.9 Å². The fraction of sp³-hybridized carbons (Fsp3) is 0. The summed E-state index contributed by atoms with van der Waals surface area (Å²) in [5.74, 6) is 0. The van der Waals surface area contributed by atoms with E-state index in [-0.39, 0.29) is 0 Å². The van der Waals surface area contributed by atoms with Gasteiger partial charge in [-0.25, -0.2) is 0 Å². The van der Waals surface area contributed by atoms with Gasteiger partial charge in [-0.15, -0.1) is 11.3 Å². The van der Waals surface area contributed by atoms with Gasteiger partial charge in [0.25, 0.3) is 0 Å². The third-order valence-corrected chi connectivity index (χ3v) is 4.18. The van der Waals surface area contributed by atoms with Crippen LogP contribution in [0.4, 0.5) is 0 Å². The van der Waals surface area contributed by atoms with E-state index in [1.807, 2.05) is 36.5 Å². The van der Waals surface area contributed by atoms with Crippen LogP contribution in [0.25, 0.3) is 20.5 Å². The lowest BCUT2D eigenvalue weighted by Gasteiger charge is -1.96. The van der Waals surface area contributed by atoms with Crippen molar-refractivity contribution in [3.05, 3.63) is 53.8 Å². The quantitative estimate of drug-likeness (QED) is 0.610. The van der Waals surface area contributed by atoms with Crippen LogP contribution in [-0.2, 0) is 0 Å². The second-order valence-corrected chi connectivity index (χ2v) is 4.91. The Labute approximate surface area is 102 Å². The highest BCUT2D eigenvalue weighted by Gasteiger charge is 2.10. The Hall–Kier alpha value is -1.38. The predicted octanol–water partition coefficient (Wildman–Crippen LogP) is 4.62. The van der Waals surface area contributed by atoms with E-state index < -0.39 is 0 Å². The number of halogens is 1. The topological polar surface area (TPSA) is 12.9 Å². The maximum atomic E-state index is 6.37. The largest absolute Gasteiger partial charge is 0.264 e. The van der Waals surface area contributed by atoms with Crippen LogP contribution in [0.1, 0.15) is 0 Å². The number of aromatic nitrogens is 1. The second-order valence-electron chi connectivity index (χ2n) is 3.48. The SMILES string of the molecule is Clc1c(-c2cccnc2)sc2ccccc12. The molecule has 1 aromatic carbocycles. The van der Waals surface area contributed by atoms with Gasteiger partial charge in [-0.2, -0.15) is 0 Å². The standard InChI is InChI=1S/C13H8ClNS/c14-12-10-5-1-2-6-11(10)16-13(12)9-4-3-7-15-8-9/h1-8H. The zero-order valence-corrected chi connectivity index (χ0v) is 9.92. The fourth-order valence-corrected chi connectivity index (χ4v) is 3.23. The molecule has 0 fully saturated rings. The van der Waals surface area contributed by atoms with Crippen molar-refractivity contribution >= 4 is 33.0 Å². The smallest absolute Gasteiger partial charge is 0.0671 e. The third-order valence-electron chi connectivity index (χ3n) is 2.46. The fourth-order valence-electron chi connectivity index (χ4n) is 1.70. The molecule has 0 saturated carbocycles. The van der Waals surface area contributed by atoms with Crippen LogP contribution in [0.5, 0.6) is 0 Å². The van der Waals surface area contributed by atoms with Crippen molar-refractivity contribution in [2.45, 2.75) is 0 Å². The minimum atomic E-state index is 0.827. The molecular formula is C13H8ClNS. The molecule has 0 aliphatic carbocycles. The molecule has 2 heterocycles. The Kier molecular flexibility index (Phi) is 2.39. The highest BCUT2D eigenvalue weighted by atomic mass is 35.5. The van der Waals surface area contributed by atoms with E-state index in [1.54, 1.807) is 17.5 Å². The summed E-state index contributed by atoms with van der Waals surface area (Å²) in [4.78, 5) is 5.21. The lowest BCUT2D eigenvalue weighted by molar-refractivity contribution is 1.33. The lowest BCUT2D eigenvalue weighted by Crippen LogP contribution is -1.74. The van der Waals surface area contributed by atoms with Crippen molar-refractivity contribution in [3.63, 3.8) is 0 Å². The number of hydrogen-bond acceptors (Lipinski definition) is 2. The zero-order chi connectivity index (χ0) is 11.0. The first-order chi connectivity index (χ1) is 7.86. The molecule has 1 nitrogen and oxygen atoms in total. The molecule has 16 heavy (non-hydrogen) atoms. The van der Waals surface area contributed by atoms with Gasteiger partial charge in [-0.05, 0) is 12.1 Å². The number of pyridine rings is 1. The van der Waals surface area contributed by atoms with Gasteiger partial charge in [0.15, 0.2) is 0 Å². The van der Waals surface area contributed by atoms with E-state index in [4.69, 9.17) is 11.6 Å². The van der Waals surface area contributed by atoms with Crippen molar-refractivity contribution in [2.24, 2.45) is 0 Å². The van der Waals surface area contributed by atoms with Crippen LogP contribution in [0.2, 0.25) is 5.02 Å². The molecule has 0 amide bonds. The highest BCUT2D eigenvalue weighted by Crippen LogP contribution is 2.41. The third kappa shape index (κ3) is 1.51. The van der Waals surface area contributed by atoms with Gasteiger partial charge in [-0.1, -0.05) is 35.9 Å². The highest BCUT2D eigenvalue weighted by molar-refractivity contribution is 7.23. The van der Waals surface area contributed by atoms with E-state index >= 15 is 0 Å². The predicted molar refractivity (Wildman–Crippen MR) is 70.1 cm³/mol. The summed E-state index contributed by atoms with van der Waals surface area (Å²) in [6.45, 7) is 0. The van der Waals surface area contributed by atoms with E-state index in [1.165, 1.54) is 4.70 Å². The number of hydrogen-bond donors (Lipinski definition) is 0. The molecule has 2 aromatic heterocycles. The summed E-state index contributed by atoms with van der Waals surface area (Å²) < 4.78 is 1.21. The first-order valence-corrected chi connectivity index (χ1v) is 6.13. The van der Waals surface area contributed by atoms with Crippen LogP contribution in [0, 0.1) is 0 Å². The first-order valence-electron chi connectivity index (χ1n) is 4.93. The van der Waals surface area contributed by atoms with Crippen molar-refractivity contribution in [2.75, 3.05) is 0 Å². The Morgan fingerprint density at radius 3 is 2.69 bits per heavy atom. The van der Waals surface area contributed by atoms with Crippen molar-refractivity contribution in [1.82, 2.24) is 4.98 Å². The van der Waals surface area contributed by atoms with Crippen molar-refractivity contribution in [1.29, 1.82) is 0 Å². The summed E-state index contributed by atoms with van der Waals surface area (Å²) in [7, 11) is 0. The van der Waals surface area contributed by atoms with Crippen LogP contribution < -0.4 is 0 Å². The van der Waals surface area contributed by atoms with Gasteiger partial charge in [0.1, 0.15) is 0 Å². The van der Waals surface area contributed by atoms with Crippen LogP contribution in [-0.4, -0.2) is 4.98 Å². The number of thiophene rings is 1. The molecular weight excluding hydrogens is 238 g/mol. The minimum absolute atomic E-state index is 0.827. The van der Waals surface area contributed by atoms with Gasteiger partial charge < -0.3 is 0 Å². The van der Waals surface area contributed by atoms with E-state index in [9.17, 15) is 0 Å². The lowest BCUT2D eigenvalue weighted by atomic mass is 10.2. The zero-order valence-electron chi connectivity index (χ0n) is 8.35. The van der Waals surface area contributed by atoms with Gasteiger partial charge in [-0.3, -0.25) is 4.98 Å². The van der Waals surface area contributed by atoms with Crippen molar-refractivity contribution in [3.8, 4) is 10.4 Å². The monoisotopic (exact) mass is 245 g/mol. The molecule has 0 N–H and O–H groups in total. The van der Waals surface area contributed by atoms with Crippen LogP contribution in [0.15, 0.2) is 48.8 Å². The first kappa shape index (κ1) is 9.82. The molecule has 0 bridgehead atoms. The summed E-state index contributed by atoms with van der Waals surface area (Å²) in [5.41, 5.74) is 1.08. The average Bonchev–Trinajstić information content (AvgIpc) is 2.69. The number of nitrogens with zero attached hydrogens (tertiary/aromatic N) is 1. The summed E-state index contributed by atoms with van der Waals surface area (Å²) in [6.07, 6.45) is 3.61. The molecule has 0 radical (unpaired) electrons. The second kappa shape index (κ2) is 3.89. The van der Waals surface area contributed by atoms with E-state index in [0.29, 0.717) is 0 Å². The Morgan fingerprint density at radius 2 is 1.94 bits per heavy atom. The van der Waals surface area contributed by atoms with Gasteiger partial charge >= 0.3 is 0 Å².